The average Bonchev–Trinajstić information content (AvgIpc) is 3.40. The Morgan fingerprint density at radius 1 is 1.37 bits per heavy atom. The van der Waals surface area contributed by atoms with Gasteiger partial charge in [-0.2, -0.15) is 5.26 Å². The highest BCUT2D eigenvalue weighted by molar-refractivity contribution is 7.70. The molecule has 2 aliphatic heterocycles. The molecule has 0 aromatic heterocycles. The molecule has 0 bridgehead atoms. The summed E-state index contributed by atoms with van der Waals surface area (Å²) in [5, 5.41) is 16.8. The third kappa shape index (κ3) is 3.40. The van der Waals surface area contributed by atoms with Crippen LogP contribution in [-0.4, -0.2) is 32.4 Å². The van der Waals surface area contributed by atoms with Crippen molar-refractivity contribution in [3.63, 3.8) is 0 Å². The highest BCUT2D eigenvalue weighted by Crippen LogP contribution is 2.46. The predicted octanol–water partition coefficient (Wildman–Crippen LogP) is 3.06. The van der Waals surface area contributed by atoms with E-state index in [0.29, 0.717) is 11.7 Å². The summed E-state index contributed by atoms with van der Waals surface area (Å²) in [6, 6.07) is 7.87. The minimum absolute atomic E-state index is 0.0448. The van der Waals surface area contributed by atoms with E-state index in [9.17, 15) is 9.83 Å². The topological polar surface area (TPSA) is 86.5 Å². The first kappa shape index (κ1) is 17.9. The summed E-state index contributed by atoms with van der Waals surface area (Å²) in [7, 11) is -0.755. The Balaban J connectivity index is 1.64. The second kappa shape index (κ2) is 6.58. The molecule has 0 amide bonds. The fraction of sp³-hybridized carbons (Fsp3) is 0.400. The molecule has 140 valence electrons. The van der Waals surface area contributed by atoms with Crippen molar-refractivity contribution in [2.75, 3.05) is 25.8 Å². The standard InChI is InChI=1S/C20H23N4O2P/c1-26-17-8-14(27(2,3)25)6-7-16(17)23-18-9-15(12-4-5-12)19-13(10-21)11-22-20(19)24-18/h6-9,11-12,19-20,22H,4-5H2,1-3H3,(H,23,24). The number of fused-ring (bicyclic) bond motifs is 1. The second-order valence-corrected chi connectivity index (χ2v) is 10.8. The number of anilines is 1. The number of methoxy groups -OCH3 is 1. The summed E-state index contributed by atoms with van der Waals surface area (Å²) in [6.07, 6.45) is 6.06. The van der Waals surface area contributed by atoms with Crippen molar-refractivity contribution < 1.29 is 9.30 Å². The Labute approximate surface area is 159 Å². The number of nitrogens with one attached hydrogen (secondary N) is 2. The van der Waals surface area contributed by atoms with Crippen molar-refractivity contribution in [1.82, 2.24) is 5.32 Å². The number of amidine groups is 1. The van der Waals surface area contributed by atoms with Gasteiger partial charge < -0.3 is 19.9 Å². The van der Waals surface area contributed by atoms with Crippen molar-refractivity contribution in [2.24, 2.45) is 16.8 Å². The lowest BCUT2D eigenvalue weighted by Gasteiger charge is -2.26. The van der Waals surface area contributed by atoms with Gasteiger partial charge in [0.05, 0.1) is 30.4 Å². The van der Waals surface area contributed by atoms with Crippen molar-refractivity contribution >= 4 is 24.0 Å². The van der Waals surface area contributed by atoms with Crippen LogP contribution in [0.5, 0.6) is 5.75 Å². The van der Waals surface area contributed by atoms with Gasteiger partial charge in [-0.05, 0) is 56.4 Å². The largest absolute Gasteiger partial charge is 0.495 e. The van der Waals surface area contributed by atoms with Crippen LogP contribution in [0.3, 0.4) is 0 Å². The maximum absolute atomic E-state index is 12.3. The summed E-state index contributed by atoms with van der Waals surface area (Å²) in [5.74, 6) is 1.97. The molecule has 2 N–H and O–H groups in total. The van der Waals surface area contributed by atoms with E-state index in [2.05, 4.69) is 22.8 Å². The Morgan fingerprint density at radius 3 is 2.78 bits per heavy atom. The van der Waals surface area contributed by atoms with Crippen molar-refractivity contribution in [3.8, 4) is 11.8 Å². The highest BCUT2D eigenvalue weighted by atomic mass is 31.2. The SMILES string of the molecule is COc1cc(P(C)(C)=O)ccc1NC1=NC2NC=C(C#N)C2C(C2CC2)=C1. The molecule has 1 fully saturated rings. The molecule has 2 unspecified atom stereocenters. The quantitative estimate of drug-likeness (QED) is 0.782. The van der Waals surface area contributed by atoms with Crippen LogP contribution < -0.4 is 20.7 Å². The second-order valence-electron chi connectivity index (χ2n) is 7.59. The third-order valence-corrected chi connectivity index (χ3v) is 6.77. The molecule has 1 aromatic carbocycles. The number of aliphatic imine (C=N–C) groups is 1. The summed E-state index contributed by atoms with van der Waals surface area (Å²) >= 11 is 0. The van der Waals surface area contributed by atoms with Gasteiger partial charge >= 0.3 is 0 Å². The Kier molecular flexibility index (Phi) is 4.36. The van der Waals surface area contributed by atoms with Crippen molar-refractivity contribution in [1.29, 1.82) is 5.26 Å². The first-order valence-corrected chi connectivity index (χ1v) is 11.7. The molecule has 1 aromatic rings. The molecule has 2 atom stereocenters. The smallest absolute Gasteiger partial charge is 0.143 e. The van der Waals surface area contributed by atoms with Crippen LogP contribution >= 0.6 is 7.14 Å². The lowest BCUT2D eigenvalue weighted by Crippen LogP contribution is -2.33. The van der Waals surface area contributed by atoms with Gasteiger partial charge in [0.25, 0.3) is 0 Å². The number of dihydropyridines is 1. The number of rotatable bonds is 4. The highest BCUT2D eigenvalue weighted by Gasteiger charge is 2.41. The molecule has 4 rings (SSSR count). The predicted molar refractivity (Wildman–Crippen MR) is 108 cm³/mol. The van der Waals surface area contributed by atoms with Crippen molar-refractivity contribution in [3.05, 3.63) is 41.6 Å². The molecule has 7 heteroatoms. The van der Waals surface area contributed by atoms with Crippen LogP contribution in [-0.2, 0) is 4.57 Å². The molecular weight excluding hydrogens is 359 g/mol. The van der Waals surface area contributed by atoms with Crippen LogP contribution in [0.4, 0.5) is 5.69 Å². The van der Waals surface area contributed by atoms with E-state index in [1.54, 1.807) is 26.6 Å². The van der Waals surface area contributed by atoms with Gasteiger partial charge in [-0.3, -0.25) is 0 Å². The van der Waals surface area contributed by atoms with E-state index in [0.717, 1.165) is 22.4 Å². The van der Waals surface area contributed by atoms with E-state index in [4.69, 9.17) is 9.73 Å². The molecule has 0 saturated heterocycles. The molecule has 27 heavy (non-hydrogen) atoms. The third-order valence-electron chi connectivity index (χ3n) is 5.25. The molecular formula is C20H23N4O2P. The van der Waals surface area contributed by atoms with Gasteiger partial charge in [0.2, 0.25) is 0 Å². The molecule has 0 radical (unpaired) electrons. The van der Waals surface area contributed by atoms with Crippen LogP contribution in [0.15, 0.2) is 46.6 Å². The molecule has 1 aliphatic carbocycles. The number of hydrogen-bond donors (Lipinski definition) is 2. The maximum atomic E-state index is 12.3. The number of hydrogen-bond acceptors (Lipinski definition) is 6. The lowest BCUT2D eigenvalue weighted by atomic mass is 9.86. The summed E-state index contributed by atoms with van der Waals surface area (Å²) < 4.78 is 17.8. The molecule has 2 heterocycles. The number of nitrogens with zero attached hydrogens (tertiary/aromatic N) is 2. The van der Waals surface area contributed by atoms with Gasteiger partial charge in [0.15, 0.2) is 0 Å². The summed E-state index contributed by atoms with van der Waals surface area (Å²) in [4.78, 5) is 4.75. The minimum Gasteiger partial charge on any atom is -0.495 e. The van der Waals surface area contributed by atoms with E-state index in [1.165, 1.54) is 18.4 Å². The molecule has 1 saturated carbocycles. The van der Waals surface area contributed by atoms with Crippen LogP contribution in [0, 0.1) is 23.2 Å². The van der Waals surface area contributed by atoms with E-state index < -0.39 is 7.14 Å². The number of ether oxygens (including phenoxy) is 1. The first-order chi connectivity index (χ1) is 12.9. The molecule has 3 aliphatic rings. The van der Waals surface area contributed by atoms with Gasteiger partial charge in [0, 0.05) is 11.5 Å². The van der Waals surface area contributed by atoms with Gasteiger partial charge in [-0.1, -0.05) is 5.57 Å². The van der Waals surface area contributed by atoms with Gasteiger partial charge in [0.1, 0.15) is 24.9 Å². The zero-order valence-corrected chi connectivity index (χ0v) is 16.6. The van der Waals surface area contributed by atoms with E-state index >= 15 is 0 Å². The molecule has 0 spiro atoms. The van der Waals surface area contributed by atoms with E-state index in [-0.39, 0.29) is 12.1 Å². The van der Waals surface area contributed by atoms with Crippen molar-refractivity contribution in [2.45, 2.75) is 19.0 Å². The first-order valence-electron chi connectivity index (χ1n) is 9.07. The minimum atomic E-state index is -2.36. The Bertz CT molecular complexity index is 963. The maximum Gasteiger partial charge on any atom is 0.143 e. The zero-order chi connectivity index (χ0) is 19.2. The van der Waals surface area contributed by atoms with E-state index in [1.807, 2.05) is 18.2 Å². The summed E-state index contributed by atoms with van der Waals surface area (Å²) in [5.41, 5.74) is 2.81. The number of benzene rings is 1. The fourth-order valence-electron chi connectivity index (χ4n) is 3.65. The van der Waals surface area contributed by atoms with Gasteiger partial charge in [-0.25, -0.2) is 4.99 Å². The lowest BCUT2D eigenvalue weighted by molar-refractivity contribution is 0.417. The molecule has 6 nitrogen and oxygen atoms in total. The zero-order valence-electron chi connectivity index (χ0n) is 15.7. The van der Waals surface area contributed by atoms with Crippen LogP contribution in [0.2, 0.25) is 0 Å². The summed E-state index contributed by atoms with van der Waals surface area (Å²) in [6.45, 7) is 3.49. The average molecular weight is 382 g/mol. The normalized spacial score (nSPS) is 24.0. The van der Waals surface area contributed by atoms with Crippen LogP contribution in [0.25, 0.3) is 0 Å². The fourth-order valence-corrected chi connectivity index (χ4v) is 4.52. The van der Waals surface area contributed by atoms with Crippen LogP contribution in [0.1, 0.15) is 12.8 Å². The Hall–Kier alpha value is -2.51. The monoisotopic (exact) mass is 382 g/mol. The van der Waals surface area contributed by atoms with Gasteiger partial charge in [-0.15, -0.1) is 0 Å². The number of nitriles is 1. The Morgan fingerprint density at radius 2 is 2.15 bits per heavy atom.